The minimum Gasteiger partial charge on any atom is -0.480 e. The van der Waals surface area contributed by atoms with E-state index in [1.165, 1.54) is 6.07 Å². The Balaban J connectivity index is 2.48. The molecule has 0 aliphatic rings. The predicted octanol–water partition coefficient (Wildman–Crippen LogP) is 2.32. The number of sulfonamides is 1. The second-order valence-electron chi connectivity index (χ2n) is 5.92. The topological polar surface area (TPSA) is 96.4 Å². The predicted molar refractivity (Wildman–Crippen MR) is 87.7 cm³/mol. The second-order valence-corrected chi connectivity index (χ2v) is 7.60. The lowest BCUT2D eigenvalue weighted by Gasteiger charge is -2.17. The Hall–Kier alpha value is -1.99. The van der Waals surface area contributed by atoms with Crippen LogP contribution in [0.1, 0.15) is 25.8 Å². The number of hydrogen-bond acceptors (Lipinski definition) is 4. The van der Waals surface area contributed by atoms with Crippen LogP contribution in [0.3, 0.4) is 0 Å². The highest BCUT2D eigenvalue weighted by atomic mass is 32.2. The largest absolute Gasteiger partial charge is 0.480 e. The molecule has 124 valence electrons. The lowest BCUT2D eigenvalue weighted by Crippen LogP contribution is -2.41. The molecule has 1 aromatic carbocycles. The molecule has 0 fully saturated rings. The SMILES string of the molecule is Cc1ccc(S(=O)(=O)N[C@@H](CC(C)C)C(=O)O)c2cccnc12. The normalized spacial score (nSPS) is 13.4. The van der Waals surface area contributed by atoms with Gasteiger partial charge in [0.15, 0.2) is 0 Å². The lowest BCUT2D eigenvalue weighted by molar-refractivity contribution is -0.139. The minimum atomic E-state index is -3.96. The first-order chi connectivity index (χ1) is 10.7. The van der Waals surface area contributed by atoms with Crippen molar-refractivity contribution in [2.75, 3.05) is 0 Å². The molecular weight excluding hydrogens is 316 g/mol. The molecule has 0 aliphatic carbocycles. The number of benzene rings is 1. The van der Waals surface area contributed by atoms with Gasteiger partial charge < -0.3 is 5.11 Å². The Bertz CT molecular complexity index is 831. The summed E-state index contributed by atoms with van der Waals surface area (Å²) in [5.74, 6) is -1.13. The van der Waals surface area contributed by atoms with Crippen molar-refractivity contribution in [2.24, 2.45) is 5.92 Å². The van der Waals surface area contributed by atoms with Crippen LogP contribution in [0.4, 0.5) is 0 Å². The fourth-order valence-electron chi connectivity index (χ4n) is 2.44. The molecular formula is C16H20N2O4S. The molecule has 1 atom stereocenters. The van der Waals surface area contributed by atoms with Crippen LogP contribution < -0.4 is 4.72 Å². The van der Waals surface area contributed by atoms with Crippen LogP contribution in [-0.4, -0.2) is 30.5 Å². The van der Waals surface area contributed by atoms with Gasteiger partial charge in [0, 0.05) is 11.6 Å². The van der Waals surface area contributed by atoms with Crippen LogP contribution in [0.5, 0.6) is 0 Å². The van der Waals surface area contributed by atoms with Crippen LogP contribution in [0.15, 0.2) is 35.4 Å². The van der Waals surface area contributed by atoms with E-state index >= 15 is 0 Å². The molecule has 2 aromatic rings. The van der Waals surface area contributed by atoms with Crippen molar-refractivity contribution in [1.29, 1.82) is 0 Å². The Morgan fingerprint density at radius 2 is 2.00 bits per heavy atom. The molecule has 1 aromatic heterocycles. The van der Waals surface area contributed by atoms with E-state index in [1.807, 2.05) is 20.8 Å². The van der Waals surface area contributed by atoms with E-state index in [0.717, 1.165) is 5.56 Å². The maximum atomic E-state index is 12.7. The fourth-order valence-corrected chi connectivity index (χ4v) is 3.84. The van der Waals surface area contributed by atoms with Crippen LogP contribution >= 0.6 is 0 Å². The van der Waals surface area contributed by atoms with Crippen molar-refractivity contribution >= 4 is 26.9 Å². The maximum absolute atomic E-state index is 12.7. The summed E-state index contributed by atoms with van der Waals surface area (Å²) in [6, 6.07) is 5.32. The number of aliphatic carboxylic acids is 1. The zero-order valence-electron chi connectivity index (χ0n) is 13.3. The Kier molecular flexibility index (Phi) is 5.01. The zero-order chi connectivity index (χ0) is 17.2. The van der Waals surface area contributed by atoms with Gasteiger partial charge in [0.1, 0.15) is 6.04 Å². The number of carboxylic acid groups (broad SMARTS) is 1. The third kappa shape index (κ3) is 3.86. The molecule has 6 nitrogen and oxygen atoms in total. The van der Waals surface area contributed by atoms with Gasteiger partial charge in [0.25, 0.3) is 0 Å². The van der Waals surface area contributed by atoms with Crippen molar-refractivity contribution in [3.8, 4) is 0 Å². The van der Waals surface area contributed by atoms with Crippen LogP contribution in [0.25, 0.3) is 10.9 Å². The highest BCUT2D eigenvalue weighted by Crippen LogP contribution is 2.24. The number of aryl methyl sites for hydroxylation is 1. The van der Waals surface area contributed by atoms with Gasteiger partial charge in [-0.3, -0.25) is 9.78 Å². The molecule has 0 saturated carbocycles. The van der Waals surface area contributed by atoms with Gasteiger partial charge in [-0.25, -0.2) is 8.42 Å². The summed E-state index contributed by atoms with van der Waals surface area (Å²) in [4.78, 5) is 15.6. The lowest BCUT2D eigenvalue weighted by atomic mass is 10.1. The highest BCUT2D eigenvalue weighted by molar-refractivity contribution is 7.89. The highest BCUT2D eigenvalue weighted by Gasteiger charge is 2.27. The van der Waals surface area contributed by atoms with Gasteiger partial charge in [0.05, 0.1) is 10.4 Å². The second kappa shape index (κ2) is 6.64. The number of nitrogens with zero attached hydrogens (tertiary/aromatic N) is 1. The van der Waals surface area contributed by atoms with Gasteiger partial charge in [0.2, 0.25) is 10.0 Å². The van der Waals surface area contributed by atoms with Gasteiger partial charge >= 0.3 is 5.97 Å². The summed E-state index contributed by atoms with van der Waals surface area (Å²) in [6.45, 7) is 5.53. The quantitative estimate of drug-likeness (QED) is 0.844. The van der Waals surface area contributed by atoms with Gasteiger partial charge in [-0.2, -0.15) is 4.72 Å². The van der Waals surface area contributed by atoms with Crippen LogP contribution in [-0.2, 0) is 14.8 Å². The Morgan fingerprint density at radius 3 is 2.61 bits per heavy atom. The van der Waals surface area contributed by atoms with E-state index < -0.39 is 22.0 Å². The summed E-state index contributed by atoms with van der Waals surface area (Å²) in [5.41, 5.74) is 1.45. The van der Waals surface area contributed by atoms with E-state index in [0.29, 0.717) is 10.9 Å². The number of carbonyl (C=O) groups is 1. The van der Waals surface area contributed by atoms with Crippen molar-refractivity contribution in [2.45, 2.75) is 38.1 Å². The molecule has 7 heteroatoms. The fraction of sp³-hybridized carbons (Fsp3) is 0.375. The Morgan fingerprint density at radius 1 is 1.30 bits per heavy atom. The molecule has 0 unspecified atom stereocenters. The molecule has 0 spiro atoms. The minimum absolute atomic E-state index is 0.0428. The number of nitrogens with one attached hydrogen (secondary N) is 1. The zero-order valence-corrected chi connectivity index (χ0v) is 14.1. The summed E-state index contributed by atoms with van der Waals surface area (Å²) >= 11 is 0. The average molecular weight is 336 g/mol. The number of aromatic nitrogens is 1. The van der Waals surface area contributed by atoms with E-state index in [4.69, 9.17) is 0 Å². The molecule has 2 N–H and O–H groups in total. The summed E-state index contributed by atoms with van der Waals surface area (Å²) in [6.07, 6.45) is 1.81. The standard InChI is InChI=1S/C16H20N2O4S/c1-10(2)9-13(16(19)20)18-23(21,22)14-7-6-11(3)15-12(14)5-4-8-17-15/h4-8,10,13,18H,9H2,1-3H3,(H,19,20)/t13-/m0/s1. The summed E-state index contributed by atoms with van der Waals surface area (Å²) < 4.78 is 27.6. The molecule has 0 aliphatic heterocycles. The molecule has 0 saturated heterocycles. The molecule has 0 radical (unpaired) electrons. The van der Waals surface area contributed by atoms with Crippen molar-refractivity contribution in [3.63, 3.8) is 0 Å². The molecule has 0 bridgehead atoms. The smallest absolute Gasteiger partial charge is 0.321 e. The van der Waals surface area contributed by atoms with E-state index in [-0.39, 0.29) is 17.2 Å². The van der Waals surface area contributed by atoms with Crippen molar-refractivity contribution < 1.29 is 18.3 Å². The average Bonchev–Trinajstić information content (AvgIpc) is 2.46. The van der Waals surface area contributed by atoms with Crippen molar-refractivity contribution in [3.05, 3.63) is 36.0 Å². The Labute approximate surface area is 135 Å². The molecule has 1 heterocycles. The van der Waals surface area contributed by atoms with E-state index in [1.54, 1.807) is 24.4 Å². The van der Waals surface area contributed by atoms with Crippen LogP contribution in [0, 0.1) is 12.8 Å². The molecule has 2 rings (SSSR count). The number of hydrogen-bond donors (Lipinski definition) is 2. The van der Waals surface area contributed by atoms with Crippen molar-refractivity contribution in [1.82, 2.24) is 9.71 Å². The molecule has 0 amide bonds. The first-order valence-electron chi connectivity index (χ1n) is 7.32. The first-order valence-corrected chi connectivity index (χ1v) is 8.80. The summed E-state index contributed by atoms with van der Waals surface area (Å²) in [7, 11) is -3.96. The van der Waals surface area contributed by atoms with Crippen LogP contribution in [0.2, 0.25) is 0 Å². The monoisotopic (exact) mass is 336 g/mol. The van der Waals surface area contributed by atoms with E-state index in [9.17, 15) is 18.3 Å². The number of fused-ring (bicyclic) bond motifs is 1. The first kappa shape index (κ1) is 17.4. The van der Waals surface area contributed by atoms with Gasteiger partial charge in [-0.15, -0.1) is 0 Å². The molecule has 23 heavy (non-hydrogen) atoms. The number of rotatable bonds is 6. The third-order valence-corrected chi connectivity index (χ3v) is 5.05. The number of carboxylic acids is 1. The maximum Gasteiger partial charge on any atom is 0.321 e. The van der Waals surface area contributed by atoms with Gasteiger partial charge in [-0.05, 0) is 43.0 Å². The van der Waals surface area contributed by atoms with E-state index in [2.05, 4.69) is 9.71 Å². The number of pyridine rings is 1. The third-order valence-electron chi connectivity index (χ3n) is 3.52. The van der Waals surface area contributed by atoms with Gasteiger partial charge in [-0.1, -0.05) is 19.9 Å². The summed E-state index contributed by atoms with van der Waals surface area (Å²) in [5, 5.41) is 9.73.